The smallest absolute Gasteiger partial charge is 0.276 e. The van der Waals surface area contributed by atoms with Crippen molar-refractivity contribution in [3.05, 3.63) is 47.3 Å². The Labute approximate surface area is 134 Å². The molecule has 0 bridgehead atoms. The summed E-state index contributed by atoms with van der Waals surface area (Å²) in [4.78, 5) is 14.4. The number of carbonyl (C=O) groups is 1. The van der Waals surface area contributed by atoms with E-state index < -0.39 is 0 Å². The third-order valence-corrected chi connectivity index (χ3v) is 4.87. The van der Waals surface area contributed by atoms with E-state index in [4.69, 9.17) is 4.52 Å². The van der Waals surface area contributed by atoms with Crippen LogP contribution in [0, 0.1) is 0 Å². The Morgan fingerprint density at radius 2 is 1.78 bits per heavy atom. The Morgan fingerprint density at radius 1 is 1.09 bits per heavy atom. The number of rotatable bonds is 3. The van der Waals surface area contributed by atoms with Crippen LogP contribution in [-0.4, -0.2) is 34.2 Å². The van der Waals surface area contributed by atoms with Crippen LogP contribution in [0.2, 0.25) is 0 Å². The maximum Gasteiger partial charge on any atom is 0.276 e. The van der Waals surface area contributed by atoms with Gasteiger partial charge in [-0.15, -0.1) is 0 Å². The van der Waals surface area contributed by atoms with E-state index in [1.807, 2.05) is 23.1 Å². The first-order valence-electron chi connectivity index (χ1n) is 8.25. The molecule has 2 fully saturated rings. The maximum absolute atomic E-state index is 12.5. The molecule has 1 aliphatic heterocycles. The minimum atomic E-state index is -0.0233. The lowest BCUT2D eigenvalue weighted by atomic mass is 9.89. The summed E-state index contributed by atoms with van der Waals surface area (Å²) in [5.74, 6) is 2.04. The van der Waals surface area contributed by atoms with Gasteiger partial charge in [0, 0.05) is 25.1 Å². The molecular formula is C18H20N2O3. The Morgan fingerprint density at radius 3 is 2.43 bits per heavy atom. The average Bonchev–Trinajstić information content (AvgIpc) is 3.32. The third kappa shape index (κ3) is 2.96. The number of aromatic hydroxyl groups is 1. The molecule has 2 aliphatic rings. The normalized spacial score (nSPS) is 19.0. The molecular weight excluding hydrogens is 292 g/mol. The number of hydrogen-bond acceptors (Lipinski definition) is 4. The van der Waals surface area contributed by atoms with Crippen molar-refractivity contribution in [2.45, 2.75) is 37.5 Å². The SMILES string of the molecule is O=C(c1cc(C2CC2)on1)N1CCC(c2ccc(O)cc2)CC1. The molecule has 5 nitrogen and oxygen atoms in total. The third-order valence-electron chi connectivity index (χ3n) is 4.87. The first-order valence-corrected chi connectivity index (χ1v) is 8.25. The highest BCUT2D eigenvalue weighted by atomic mass is 16.5. The Bertz CT molecular complexity index is 695. The van der Waals surface area contributed by atoms with Crippen LogP contribution in [0.25, 0.3) is 0 Å². The van der Waals surface area contributed by atoms with Gasteiger partial charge in [-0.2, -0.15) is 0 Å². The number of aromatic nitrogens is 1. The first-order chi connectivity index (χ1) is 11.2. The molecule has 4 rings (SSSR count). The van der Waals surface area contributed by atoms with Gasteiger partial charge in [0.15, 0.2) is 5.69 Å². The maximum atomic E-state index is 12.5. The zero-order chi connectivity index (χ0) is 15.8. The number of phenolic OH excluding ortho intramolecular Hbond substituents is 1. The van der Waals surface area contributed by atoms with Crippen LogP contribution in [0.3, 0.4) is 0 Å². The molecule has 0 unspecified atom stereocenters. The van der Waals surface area contributed by atoms with Gasteiger partial charge in [-0.25, -0.2) is 0 Å². The molecule has 1 aliphatic carbocycles. The van der Waals surface area contributed by atoms with Gasteiger partial charge < -0.3 is 14.5 Å². The standard InChI is InChI=1S/C18H20N2O3/c21-15-5-3-12(4-6-15)13-7-9-20(10-8-13)18(22)16-11-17(23-19-16)14-1-2-14/h3-6,11,13-14,21H,1-2,7-10H2. The van der Waals surface area contributed by atoms with Crippen molar-refractivity contribution < 1.29 is 14.4 Å². The van der Waals surface area contributed by atoms with Crippen molar-refractivity contribution in [1.82, 2.24) is 10.1 Å². The van der Waals surface area contributed by atoms with Gasteiger partial charge in [-0.05, 0) is 49.3 Å². The van der Waals surface area contributed by atoms with Crippen molar-refractivity contribution in [2.75, 3.05) is 13.1 Å². The molecule has 1 N–H and O–H groups in total. The lowest BCUT2D eigenvalue weighted by Gasteiger charge is -2.31. The molecule has 0 spiro atoms. The molecule has 2 heterocycles. The van der Waals surface area contributed by atoms with Gasteiger partial charge in [0.2, 0.25) is 0 Å². The summed E-state index contributed by atoms with van der Waals surface area (Å²) >= 11 is 0. The molecule has 23 heavy (non-hydrogen) atoms. The summed E-state index contributed by atoms with van der Waals surface area (Å²) in [5, 5.41) is 13.3. The van der Waals surface area contributed by atoms with Crippen molar-refractivity contribution in [1.29, 1.82) is 0 Å². The number of likely N-dealkylation sites (tertiary alicyclic amines) is 1. The van der Waals surface area contributed by atoms with Crippen LogP contribution < -0.4 is 0 Å². The van der Waals surface area contributed by atoms with Crippen molar-refractivity contribution in [2.24, 2.45) is 0 Å². The predicted molar refractivity (Wildman–Crippen MR) is 84.5 cm³/mol. The summed E-state index contributed by atoms with van der Waals surface area (Å²) in [7, 11) is 0. The monoisotopic (exact) mass is 312 g/mol. The number of nitrogens with zero attached hydrogens (tertiary/aromatic N) is 2. The van der Waals surface area contributed by atoms with Gasteiger partial charge in [-0.1, -0.05) is 17.3 Å². The molecule has 1 saturated carbocycles. The average molecular weight is 312 g/mol. The minimum absolute atomic E-state index is 0.0233. The second-order valence-electron chi connectivity index (χ2n) is 6.55. The van der Waals surface area contributed by atoms with Gasteiger partial charge in [0.25, 0.3) is 5.91 Å². The lowest BCUT2D eigenvalue weighted by molar-refractivity contribution is 0.0702. The highest BCUT2D eigenvalue weighted by Crippen LogP contribution is 2.40. The molecule has 0 radical (unpaired) electrons. The fourth-order valence-electron chi connectivity index (χ4n) is 3.27. The summed E-state index contributed by atoms with van der Waals surface area (Å²) in [6, 6.07) is 9.20. The molecule has 1 amide bonds. The highest BCUT2D eigenvalue weighted by molar-refractivity contribution is 5.92. The van der Waals surface area contributed by atoms with Gasteiger partial charge in [0.05, 0.1) is 0 Å². The van der Waals surface area contributed by atoms with E-state index in [0.717, 1.165) is 44.5 Å². The van der Waals surface area contributed by atoms with Crippen LogP contribution >= 0.6 is 0 Å². The fraction of sp³-hybridized carbons (Fsp3) is 0.444. The van der Waals surface area contributed by atoms with E-state index in [1.54, 1.807) is 12.1 Å². The lowest BCUT2D eigenvalue weighted by Crippen LogP contribution is -2.38. The summed E-state index contributed by atoms with van der Waals surface area (Å²) in [6.45, 7) is 1.46. The van der Waals surface area contributed by atoms with Crippen molar-refractivity contribution in [3.63, 3.8) is 0 Å². The van der Waals surface area contributed by atoms with Crippen LogP contribution in [-0.2, 0) is 0 Å². The highest BCUT2D eigenvalue weighted by Gasteiger charge is 2.31. The van der Waals surface area contributed by atoms with E-state index in [2.05, 4.69) is 5.16 Å². The Kier molecular flexibility index (Phi) is 3.56. The fourth-order valence-corrected chi connectivity index (χ4v) is 3.27. The van der Waals surface area contributed by atoms with Crippen molar-refractivity contribution >= 4 is 5.91 Å². The van der Waals surface area contributed by atoms with Crippen LogP contribution in [0.1, 0.15) is 59.3 Å². The topological polar surface area (TPSA) is 66.6 Å². The molecule has 0 atom stereocenters. The largest absolute Gasteiger partial charge is 0.508 e. The number of phenols is 1. The van der Waals surface area contributed by atoms with Crippen LogP contribution in [0.4, 0.5) is 0 Å². The number of carbonyl (C=O) groups excluding carboxylic acids is 1. The molecule has 2 aromatic rings. The quantitative estimate of drug-likeness (QED) is 0.944. The Balaban J connectivity index is 1.38. The zero-order valence-corrected chi connectivity index (χ0v) is 12.9. The molecule has 1 aromatic heterocycles. The number of amides is 1. The van der Waals surface area contributed by atoms with E-state index >= 15 is 0 Å². The van der Waals surface area contributed by atoms with Gasteiger partial charge in [-0.3, -0.25) is 4.79 Å². The predicted octanol–water partition coefficient (Wildman–Crippen LogP) is 3.28. The van der Waals surface area contributed by atoms with E-state index in [1.165, 1.54) is 5.56 Å². The molecule has 1 saturated heterocycles. The molecule has 5 heteroatoms. The summed E-state index contributed by atoms with van der Waals surface area (Å²) in [6.07, 6.45) is 4.15. The first kappa shape index (κ1) is 14.3. The Hall–Kier alpha value is -2.30. The number of benzene rings is 1. The second kappa shape index (κ2) is 5.72. The van der Waals surface area contributed by atoms with Crippen LogP contribution in [0.15, 0.2) is 34.9 Å². The van der Waals surface area contributed by atoms with Gasteiger partial charge in [0.1, 0.15) is 11.5 Å². The zero-order valence-electron chi connectivity index (χ0n) is 12.9. The minimum Gasteiger partial charge on any atom is -0.508 e. The van der Waals surface area contributed by atoms with E-state index in [0.29, 0.717) is 23.3 Å². The van der Waals surface area contributed by atoms with Crippen LogP contribution in [0.5, 0.6) is 5.75 Å². The van der Waals surface area contributed by atoms with E-state index in [-0.39, 0.29) is 5.91 Å². The van der Waals surface area contributed by atoms with Gasteiger partial charge >= 0.3 is 0 Å². The van der Waals surface area contributed by atoms with Crippen molar-refractivity contribution in [3.8, 4) is 5.75 Å². The molecule has 120 valence electrons. The molecule has 1 aromatic carbocycles. The number of hydrogen-bond donors (Lipinski definition) is 1. The second-order valence-corrected chi connectivity index (χ2v) is 6.55. The summed E-state index contributed by atoms with van der Waals surface area (Å²) in [5.41, 5.74) is 1.67. The number of piperidine rings is 1. The van der Waals surface area contributed by atoms with E-state index in [9.17, 15) is 9.90 Å². The summed E-state index contributed by atoms with van der Waals surface area (Å²) < 4.78 is 5.28.